The van der Waals surface area contributed by atoms with Gasteiger partial charge in [0.25, 0.3) is 0 Å². The Labute approximate surface area is 284 Å². The van der Waals surface area contributed by atoms with Gasteiger partial charge in [-0.25, -0.2) is 8.42 Å². The van der Waals surface area contributed by atoms with Gasteiger partial charge in [0, 0.05) is 166 Å². The van der Waals surface area contributed by atoms with Crippen LogP contribution in [0.1, 0.15) is 31.2 Å². The molecule has 1 heterocycles. The molecule has 2 fully saturated rings. The molecule has 1 amide bonds. The Morgan fingerprint density at radius 2 is 1.55 bits per heavy atom. The van der Waals surface area contributed by atoms with E-state index < -0.39 is 21.7 Å². The van der Waals surface area contributed by atoms with E-state index in [2.05, 4.69) is 23.5 Å². The molecule has 1 aliphatic heterocycles. The fourth-order valence-corrected chi connectivity index (χ4v) is 4.91. The molecule has 2 aliphatic carbocycles. The Bertz CT molecular complexity index is 841. The Hall–Kier alpha value is 3.09. The van der Waals surface area contributed by atoms with Crippen LogP contribution < -0.4 is 5.32 Å². The van der Waals surface area contributed by atoms with Crippen molar-refractivity contribution in [2.24, 2.45) is 16.3 Å². The molecule has 14 heteroatoms. The number of carbonyl (C=O) groups is 1. The van der Waals surface area contributed by atoms with Crippen LogP contribution >= 0.6 is 0 Å². The van der Waals surface area contributed by atoms with E-state index in [4.69, 9.17) is 10.1 Å². The van der Waals surface area contributed by atoms with Crippen molar-refractivity contribution in [3.05, 3.63) is 35.0 Å². The molecule has 31 heavy (non-hydrogen) atoms. The van der Waals surface area contributed by atoms with E-state index in [1.165, 1.54) is 11.3 Å². The molecule has 0 radical (unpaired) electrons. The zero-order valence-electron chi connectivity index (χ0n) is 16.1. The standard InChI is InChI=1S/C17H21N3O3S.7W/c18-24(22,23)10-16(21)19-13-8-17(9-13)6-12(7-17)15-5-11-3-1-2-4-14(11)20-15;;;;;;;/h1-4,12-13H,5-10H2,(H3,18,19,21,22,23);;;;;;;/p-1. The SMILES string of the molecule is [NH-]S(=O)(=O)CC(=O)NC1CC2(C1)CC(C1=Nc3ccccc3C1)C2.[W].[W].[W].[W].[W].[W].[W]. The van der Waals surface area contributed by atoms with Crippen LogP contribution in [0.2, 0.25) is 0 Å². The summed E-state index contributed by atoms with van der Waals surface area (Å²) in [6.45, 7) is 0. The van der Waals surface area contributed by atoms with Crippen molar-refractivity contribution in [2.45, 2.75) is 38.1 Å². The topological polar surface area (TPSA) is 99.4 Å². The molecule has 3 aliphatic rings. The summed E-state index contributed by atoms with van der Waals surface area (Å²) < 4.78 is 21.6. The van der Waals surface area contributed by atoms with Crippen LogP contribution in [-0.4, -0.2) is 31.8 Å². The normalized spacial score (nSPS) is 24.0. The Balaban J connectivity index is -0.000000521. The molecule has 0 unspecified atom stereocenters. The van der Waals surface area contributed by atoms with Crippen molar-refractivity contribution in [3.8, 4) is 0 Å². The zero-order valence-corrected chi connectivity index (χ0v) is 37.5. The summed E-state index contributed by atoms with van der Waals surface area (Å²) in [6, 6.07) is 8.32. The fourth-order valence-electron chi connectivity index (χ4n) is 4.48. The van der Waals surface area contributed by atoms with Gasteiger partial charge in [0.05, 0.1) is 15.7 Å². The maximum absolute atomic E-state index is 11.5. The number of hydrogen-bond acceptors (Lipinski definition) is 4. The minimum atomic E-state index is -4.00. The summed E-state index contributed by atoms with van der Waals surface area (Å²) in [5, 5.41) is 9.51. The van der Waals surface area contributed by atoms with E-state index in [9.17, 15) is 13.2 Å². The maximum atomic E-state index is 11.5. The summed E-state index contributed by atoms with van der Waals surface area (Å²) in [5.41, 5.74) is 4.00. The Kier molecular flexibility index (Phi) is 22.3. The third kappa shape index (κ3) is 10.5. The summed E-state index contributed by atoms with van der Waals surface area (Å²) in [6.07, 6.45) is 5.01. The number of para-hydroxylation sites is 1. The first-order valence-electron chi connectivity index (χ1n) is 8.24. The largest absolute Gasteiger partial charge is 0.564 e. The molecule has 170 valence electrons. The second kappa shape index (κ2) is 16.8. The quantitative estimate of drug-likeness (QED) is 0.502. The first-order valence-corrected chi connectivity index (χ1v) is 9.89. The predicted octanol–water partition coefficient (Wildman–Crippen LogP) is 2.35. The van der Waals surface area contributed by atoms with Gasteiger partial charge in [-0.05, 0) is 48.6 Å². The molecule has 0 saturated heterocycles. The van der Waals surface area contributed by atoms with Gasteiger partial charge in [0.1, 0.15) is 5.75 Å². The molecule has 0 atom stereocenters. The van der Waals surface area contributed by atoms with E-state index in [-0.39, 0.29) is 153 Å². The van der Waals surface area contributed by atoms with Crippen molar-refractivity contribution in [1.29, 1.82) is 0 Å². The molecular formula is C17H20N3O3SW7-. The molecule has 4 rings (SSSR count). The Morgan fingerprint density at radius 3 is 2.06 bits per heavy atom. The summed E-state index contributed by atoms with van der Waals surface area (Å²) >= 11 is 0. The van der Waals surface area contributed by atoms with Crippen LogP contribution in [0.5, 0.6) is 0 Å². The number of hydrogen-bond donors (Lipinski definition) is 1. The molecule has 2 saturated carbocycles. The number of rotatable bonds is 4. The van der Waals surface area contributed by atoms with Gasteiger partial charge in [-0.1, -0.05) is 18.2 Å². The number of aliphatic imine (C=N–C) groups is 1. The maximum Gasteiger partial charge on any atom is 0.233 e. The fraction of sp³-hybridized carbons (Fsp3) is 0.529. The van der Waals surface area contributed by atoms with E-state index in [0.29, 0.717) is 11.3 Å². The van der Waals surface area contributed by atoms with Gasteiger partial charge in [0.2, 0.25) is 5.91 Å². The number of nitrogens with zero attached hydrogens (tertiary/aromatic N) is 1. The van der Waals surface area contributed by atoms with Crippen LogP contribution in [0.4, 0.5) is 5.69 Å². The van der Waals surface area contributed by atoms with E-state index >= 15 is 0 Å². The molecule has 0 bridgehead atoms. The van der Waals surface area contributed by atoms with Crippen molar-refractivity contribution in [3.63, 3.8) is 0 Å². The third-order valence-corrected chi connectivity index (χ3v) is 6.14. The van der Waals surface area contributed by atoms with Crippen molar-refractivity contribution in [2.75, 3.05) is 5.75 Å². The average Bonchev–Trinajstić information content (AvgIpc) is 2.80. The van der Waals surface area contributed by atoms with E-state index in [0.717, 1.165) is 37.8 Å². The van der Waals surface area contributed by atoms with Gasteiger partial charge in [-0.15, -0.1) is 0 Å². The Morgan fingerprint density at radius 1 is 1.00 bits per heavy atom. The van der Waals surface area contributed by atoms with E-state index in [1.807, 2.05) is 6.07 Å². The number of amides is 1. The first kappa shape index (κ1) is 41.2. The van der Waals surface area contributed by atoms with Gasteiger partial charge < -0.3 is 10.5 Å². The molecular weight excluding hydrogens is 1610 g/mol. The zero-order chi connectivity index (χ0) is 16.9. The smallest absolute Gasteiger partial charge is 0.233 e. The van der Waals surface area contributed by atoms with Gasteiger partial charge in [-0.3, -0.25) is 9.79 Å². The van der Waals surface area contributed by atoms with Crippen molar-refractivity contribution < 1.29 is 161 Å². The molecule has 1 spiro atoms. The number of nitrogens with one attached hydrogen (secondary N) is 2. The third-order valence-electron chi connectivity index (χ3n) is 5.50. The van der Waals surface area contributed by atoms with E-state index in [1.54, 1.807) is 0 Å². The molecule has 6 nitrogen and oxygen atoms in total. The van der Waals surface area contributed by atoms with Gasteiger partial charge in [-0.2, -0.15) is 0 Å². The number of carbonyl (C=O) groups excluding carboxylic acids is 1. The summed E-state index contributed by atoms with van der Waals surface area (Å²) in [7, 11) is -4.00. The van der Waals surface area contributed by atoms with Crippen LogP contribution in [0.3, 0.4) is 0 Å². The predicted molar refractivity (Wildman–Crippen MR) is 91.7 cm³/mol. The summed E-state index contributed by atoms with van der Waals surface area (Å²) in [4.78, 5) is 16.3. The number of fused-ring (bicyclic) bond motifs is 1. The van der Waals surface area contributed by atoms with Crippen LogP contribution in [0.15, 0.2) is 29.3 Å². The molecule has 1 aromatic rings. The van der Waals surface area contributed by atoms with Crippen molar-refractivity contribution in [1.82, 2.24) is 5.32 Å². The second-order valence-corrected chi connectivity index (χ2v) is 8.96. The average molecular weight is 1630 g/mol. The minimum Gasteiger partial charge on any atom is -0.564 e. The van der Waals surface area contributed by atoms with Crippen molar-refractivity contribution >= 4 is 27.3 Å². The second-order valence-electron chi connectivity index (χ2n) is 7.45. The first-order chi connectivity index (χ1) is 11.3. The van der Waals surface area contributed by atoms with Gasteiger partial charge >= 0.3 is 0 Å². The number of benzene rings is 1. The monoisotopic (exact) mass is 1630 g/mol. The molecule has 1 aromatic carbocycles. The molecule has 2 N–H and O–H groups in total. The van der Waals surface area contributed by atoms with Crippen LogP contribution in [0.25, 0.3) is 5.14 Å². The van der Waals surface area contributed by atoms with Gasteiger partial charge in [0.15, 0.2) is 0 Å². The van der Waals surface area contributed by atoms with Crippen LogP contribution in [-0.2, 0) is 169 Å². The minimum absolute atomic E-state index is 0. The molecule has 0 aromatic heterocycles. The summed E-state index contributed by atoms with van der Waals surface area (Å²) in [5.74, 6) is -0.757. The van der Waals surface area contributed by atoms with Crippen LogP contribution in [0, 0.1) is 11.3 Å². The number of sulfonamides is 1.